The van der Waals surface area contributed by atoms with Gasteiger partial charge in [-0.2, -0.15) is 0 Å². The average molecular weight is 545 g/mol. The number of esters is 1. The molecule has 0 spiro atoms. The molecule has 0 aromatic rings. The van der Waals surface area contributed by atoms with Crippen molar-refractivity contribution < 1.29 is 73.0 Å². The molecule has 38 heavy (non-hydrogen) atoms. The van der Waals surface area contributed by atoms with Gasteiger partial charge in [0.15, 0.2) is 0 Å². The van der Waals surface area contributed by atoms with Crippen molar-refractivity contribution in [3.05, 3.63) is 0 Å². The summed E-state index contributed by atoms with van der Waals surface area (Å²) in [5.41, 5.74) is -1.20. The molecule has 14 heteroatoms. The van der Waals surface area contributed by atoms with E-state index in [0.717, 1.165) is 0 Å². The molecule has 0 aromatic heterocycles. The maximum atomic E-state index is 11.5. The summed E-state index contributed by atoms with van der Waals surface area (Å²) in [6.07, 6.45) is -1.74. The van der Waals surface area contributed by atoms with Crippen LogP contribution in [0.5, 0.6) is 0 Å². The van der Waals surface area contributed by atoms with Crippen molar-refractivity contribution >= 4 is 24.1 Å². The first-order valence-electron chi connectivity index (χ1n) is 11.6. The standard InChI is InChI=1S/C12H21NO5.C11H19NO5.CH4.Li.H2O/c1-12(2,3)18-11(16)13-8-5-7(6-9(8)14)10(15)17-4;1-11(2,3)17-10(16)12-7-4-6(9(14)15)5-8(7)13;;;/h7-9,14H,5-6H2,1-4H3,(H,13,16);6-8,13H,4-5H2,1-3H3,(H,12,16)(H,14,15);1H4;;1H2/q;;;+1;/p-1/t7-,8-,9-;6-,7-,8-;;;/m11.../s1. The Kier molecular flexibility index (Phi) is 17.9. The van der Waals surface area contributed by atoms with Gasteiger partial charge in [0.1, 0.15) is 11.2 Å². The summed E-state index contributed by atoms with van der Waals surface area (Å²) >= 11 is 0. The topological polar surface area (TPSA) is 211 Å². The Bertz CT molecular complexity index is 767. The van der Waals surface area contributed by atoms with Crippen LogP contribution in [-0.4, -0.2) is 87.5 Å². The van der Waals surface area contributed by atoms with Crippen molar-refractivity contribution in [3.8, 4) is 0 Å². The number of nitrogens with one attached hydrogen (secondary N) is 2. The number of methoxy groups -OCH3 is 1. The Labute approximate surface area is 236 Å². The van der Waals surface area contributed by atoms with Gasteiger partial charge < -0.3 is 45.6 Å². The summed E-state index contributed by atoms with van der Waals surface area (Å²) < 4.78 is 14.8. The largest absolute Gasteiger partial charge is 1.00 e. The molecule has 2 amide bonds. The Morgan fingerprint density at radius 1 is 0.737 bits per heavy atom. The molecule has 2 fully saturated rings. The fourth-order valence-electron chi connectivity index (χ4n) is 3.82. The number of alkyl carbamates (subject to hydrolysis) is 2. The van der Waals surface area contributed by atoms with Crippen LogP contribution in [0.4, 0.5) is 9.59 Å². The summed E-state index contributed by atoms with van der Waals surface area (Å²) in [5.74, 6) is -2.28. The predicted molar refractivity (Wildman–Crippen MR) is 132 cm³/mol. The van der Waals surface area contributed by atoms with Crippen LogP contribution in [0.1, 0.15) is 74.7 Å². The van der Waals surface area contributed by atoms with E-state index < -0.39 is 59.6 Å². The first-order valence-corrected chi connectivity index (χ1v) is 11.6. The second-order valence-electron chi connectivity index (χ2n) is 10.8. The maximum Gasteiger partial charge on any atom is 1.00 e. The Hall–Kier alpha value is -2.04. The summed E-state index contributed by atoms with van der Waals surface area (Å²) in [6, 6.07) is -1.02. The van der Waals surface area contributed by atoms with Gasteiger partial charge in [-0.15, -0.1) is 0 Å². The first-order chi connectivity index (χ1) is 15.9. The molecular weight excluding hydrogens is 499 g/mol. The third-order valence-corrected chi connectivity index (χ3v) is 5.35. The van der Waals surface area contributed by atoms with Crippen molar-refractivity contribution in [3.63, 3.8) is 0 Å². The molecule has 218 valence electrons. The molecule has 0 unspecified atom stereocenters. The molecule has 2 saturated carbocycles. The molecule has 6 N–H and O–H groups in total. The molecule has 2 aliphatic carbocycles. The van der Waals surface area contributed by atoms with Gasteiger partial charge in [-0.25, -0.2) is 9.59 Å². The summed E-state index contributed by atoms with van der Waals surface area (Å²) in [5, 5.41) is 33.3. The van der Waals surface area contributed by atoms with Crippen molar-refractivity contribution in [2.45, 2.75) is 110 Å². The SMILES string of the molecule is C.CC(C)(C)OC(=O)N[C@@H]1C[C@@H](C(=O)O)C[C@H]1O.COC(=O)[C@H]1C[C@@H](O)[C@H](NC(=O)OC(C)(C)C)C1.[Li+].[OH-]. The van der Waals surface area contributed by atoms with Gasteiger partial charge in [0, 0.05) is 0 Å². The van der Waals surface area contributed by atoms with E-state index in [4.69, 9.17) is 14.6 Å². The normalized spacial score (nSPS) is 26.0. The maximum absolute atomic E-state index is 11.5. The number of hydrogen-bond donors (Lipinski definition) is 5. The van der Waals surface area contributed by atoms with Crippen LogP contribution in [0, 0.1) is 11.8 Å². The minimum atomic E-state index is -0.947. The van der Waals surface area contributed by atoms with Gasteiger partial charge >= 0.3 is 43.0 Å². The van der Waals surface area contributed by atoms with E-state index in [-0.39, 0.29) is 56.5 Å². The predicted octanol–water partition coefficient (Wildman–Crippen LogP) is -0.978. The zero-order valence-electron chi connectivity index (χ0n) is 22.9. The fraction of sp³-hybridized carbons (Fsp3) is 0.833. The van der Waals surface area contributed by atoms with E-state index in [1.165, 1.54) is 7.11 Å². The number of aliphatic carboxylic acids is 1. The number of aliphatic hydroxyl groups excluding tert-OH is 2. The zero-order chi connectivity index (χ0) is 27.1. The first kappa shape index (κ1) is 40.5. The number of amides is 2. The number of rotatable bonds is 4. The van der Waals surface area contributed by atoms with Crippen LogP contribution in [0.25, 0.3) is 0 Å². The molecule has 2 aliphatic rings. The second-order valence-corrected chi connectivity index (χ2v) is 10.8. The molecule has 0 aliphatic heterocycles. The van der Waals surface area contributed by atoms with E-state index in [1.807, 2.05) is 0 Å². The minimum Gasteiger partial charge on any atom is -0.870 e. The molecule has 0 bridgehead atoms. The number of hydrogen-bond acceptors (Lipinski definition) is 10. The molecule has 13 nitrogen and oxygen atoms in total. The Morgan fingerprint density at radius 3 is 1.37 bits per heavy atom. The number of ether oxygens (including phenoxy) is 3. The number of carboxylic acids is 1. The second kappa shape index (κ2) is 16.8. The van der Waals surface area contributed by atoms with E-state index in [2.05, 4.69) is 15.4 Å². The molecule has 0 aromatic carbocycles. The third-order valence-electron chi connectivity index (χ3n) is 5.35. The van der Waals surface area contributed by atoms with Crippen LogP contribution >= 0.6 is 0 Å². The van der Waals surface area contributed by atoms with Gasteiger partial charge in [-0.3, -0.25) is 9.59 Å². The number of carbonyl (C=O) groups excluding carboxylic acids is 3. The van der Waals surface area contributed by atoms with Gasteiger partial charge in [-0.05, 0) is 67.2 Å². The zero-order valence-corrected chi connectivity index (χ0v) is 22.9. The van der Waals surface area contributed by atoms with Gasteiger partial charge in [0.25, 0.3) is 0 Å². The van der Waals surface area contributed by atoms with Crippen molar-refractivity contribution in [1.82, 2.24) is 10.6 Å². The smallest absolute Gasteiger partial charge is 0.870 e. The number of aliphatic hydroxyl groups is 2. The Balaban J connectivity index is -0.000000598. The van der Waals surface area contributed by atoms with E-state index in [1.54, 1.807) is 41.5 Å². The minimum absolute atomic E-state index is 0. The quantitative estimate of drug-likeness (QED) is 0.165. The summed E-state index contributed by atoms with van der Waals surface area (Å²) in [4.78, 5) is 45.1. The van der Waals surface area contributed by atoms with E-state index >= 15 is 0 Å². The van der Waals surface area contributed by atoms with Crippen LogP contribution in [-0.2, 0) is 23.8 Å². The fourth-order valence-corrected chi connectivity index (χ4v) is 3.82. The van der Waals surface area contributed by atoms with E-state index in [9.17, 15) is 29.4 Å². The number of carbonyl (C=O) groups is 4. The number of carboxylic acid groups (broad SMARTS) is 1. The monoisotopic (exact) mass is 544 g/mol. The van der Waals surface area contributed by atoms with Crippen LogP contribution in [0.15, 0.2) is 0 Å². The van der Waals surface area contributed by atoms with Crippen LogP contribution < -0.4 is 29.5 Å². The van der Waals surface area contributed by atoms with Crippen LogP contribution in [0.2, 0.25) is 0 Å². The Morgan fingerprint density at radius 2 is 1.08 bits per heavy atom. The van der Waals surface area contributed by atoms with Gasteiger partial charge in [-0.1, -0.05) is 7.43 Å². The van der Waals surface area contributed by atoms with Crippen molar-refractivity contribution in [2.75, 3.05) is 7.11 Å². The average Bonchev–Trinajstić information content (AvgIpc) is 3.21. The molecular formula is C24H45LiN2O11. The summed E-state index contributed by atoms with van der Waals surface area (Å²) in [7, 11) is 1.31. The molecule has 0 heterocycles. The third kappa shape index (κ3) is 14.8. The van der Waals surface area contributed by atoms with Crippen LogP contribution in [0.3, 0.4) is 0 Å². The molecule has 2 rings (SSSR count). The van der Waals surface area contributed by atoms with Gasteiger partial charge in [0.05, 0.1) is 43.2 Å². The van der Waals surface area contributed by atoms with Crippen molar-refractivity contribution in [1.29, 1.82) is 0 Å². The molecule has 0 radical (unpaired) electrons. The summed E-state index contributed by atoms with van der Waals surface area (Å²) in [6.45, 7) is 10.5. The van der Waals surface area contributed by atoms with E-state index in [0.29, 0.717) is 12.8 Å². The van der Waals surface area contributed by atoms with Gasteiger partial charge in [0.2, 0.25) is 0 Å². The molecule has 0 saturated heterocycles. The van der Waals surface area contributed by atoms with Crippen molar-refractivity contribution in [2.24, 2.45) is 11.8 Å². The molecule has 6 atom stereocenters.